The fourth-order valence-corrected chi connectivity index (χ4v) is 3.50. The van der Waals surface area contributed by atoms with Crippen LogP contribution in [0.1, 0.15) is 43.0 Å². The predicted molar refractivity (Wildman–Crippen MR) is 85.6 cm³/mol. The minimum absolute atomic E-state index is 0.434. The van der Waals surface area contributed by atoms with Crippen LogP contribution in [0.5, 0.6) is 0 Å². The molecule has 20 heavy (non-hydrogen) atoms. The van der Waals surface area contributed by atoms with E-state index in [9.17, 15) is 0 Å². The van der Waals surface area contributed by atoms with Gasteiger partial charge in [0.25, 0.3) is 0 Å². The molecule has 0 amide bonds. The average molecular weight is 313 g/mol. The summed E-state index contributed by atoms with van der Waals surface area (Å²) in [6.07, 6.45) is 2.26. The zero-order valence-corrected chi connectivity index (χ0v) is 14.1. The fraction of sp³-hybridized carbons (Fsp3) is 0.600. The maximum absolute atomic E-state index is 6.26. The lowest BCUT2D eigenvalue weighted by atomic mass is 10.1. The molecule has 3 nitrogen and oxygen atoms in total. The summed E-state index contributed by atoms with van der Waals surface area (Å²) in [5, 5.41) is 1.52. The summed E-state index contributed by atoms with van der Waals surface area (Å²) < 4.78 is 5.63. The molecule has 0 aliphatic rings. The van der Waals surface area contributed by atoms with E-state index in [2.05, 4.69) is 37.7 Å². The number of ether oxygens (including phenoxy) is 1. The van der Waals surface area contributed by atoms with Crippen molar-refractivity contribution in [2.45, 2.75) is 47.1 Å². The molecule has 2 rings (SSSR count). The van der Waals surface area contributed by atoms with Crippen LogP contribution >= 0.6 is 22.9 Å². The van der Waals surface area contributed by atoms with Gasteiger partial charge in [0.2, 0.25) is 0 Å². The monoisotopic (exact) mass is 312 g/mol. The Morgan fingerprint density at radius 1 is 1.25 bits per heavy atom. The van der Waals surface area contributed by atoms with Gasteiger partial charge in [0.05, 0.1) is 5.39 Å². The van der Waals surface area contributed by atoms with E-state index >= 15 is 0 Å². The summed E-state index contributed by atoms with van der Waals surface area (Å²) in [7, 11) is 0. The van der Waals surface area contributed by atoms with Crippen molar-refractivity contribution in [3.05, 3.63) is 21.4 Å². The fourth-order valence-electron chi connectivity index (χ4n) is 2.06. The number of hydrogen-bond acceptors (Lipinski definition) is 4. The zero-order chi connectivity index (χ0) is 14.7. The molecule has 2 heterocycles. The first-order valence-corrected chi connectivity index (χ1v) is 8.18. The molecule has 0 N–H and O–H groups in total. The van der Waals surface area contributed by atoms with Gasteiger partial charge in [-0.2, -0.15) is 0 Å². The van der Waals surface area contributed by atoms with Crippen molar-refractivity contribution in [3.8, 4) is 0 Å². The van der Waals surface area contributed by atoms with Gasteiger partial charge in [-0.1, -0.05) is 25.4 Å². The van der Waals surface area contributed by atoms with E-state index < -0.39 is 0 Å². The van der Waals surface area contributed by atoms with Gasteiger partial charge in [-0.15, -0.1) is 11.3 Å². The average Bonchev–Trinajstić information content (AvgIpc) is 2.64. The molecule has 2 aromatic heterocycles. The summed E-state index contributed by atoms with van der Waals surface area (Å²) >= 11 is 7.93. The molecule has 2 aromatic rings. The summed E-state index contributed by atoms with van der Waals surface area (Å²) in [6.45, 7) is 9.77. The first-order valence-electron chi connectivity index (χ1n) is 6.99. The van der Waals surface area contributed by atoms with Crippen LogP contribution in [-0.2, 0) is 11.3 Å². The Bertz CT molecular complexity index is 595. The van der Waals surface area contributed by atoms with E-state index in [-0.39, 0.29) is 0 Å². The highest BCUT2D eigenvalue weighted by atomic mass is 35.5. The number of rotatable bonds is 6. The Labute approximate surface area is 129 Å². The van der Waals surface area contributed by atoms with Gasteiger partial charge in [0, 0.05) is 11.5 Å². The molecule has 0 bridgehead atoms. The van der Waals surface area contributed by atoms with Crippen molar-refractivity contribution in [1.29, 1.82) is 0 Å². The summed E-state index contributed by atoms with van der Waals surface area (Å²) in [4.78, 5) is 11.1. The van der Waals surface area contributed by atoms with Crippen molar-refractivity contribution in [3.63, 3.8) is 0 Å². The van der Waals surface area contributed by atoms with E-state index in [1.165, 1.54) is 16.9 Å². The third-order valence-corrected chi connectivity index (χ3v) is 4.71. The normalized spacial score (nSPS) is 11.7. The van der Waals surface area contributed by atoms with Crippen molar-refractivity contribution in [2.24, 2.45) is 5.92 Å². The molecule has 0 aliphatic carbocycles. The molecule has 0 aliphatic heterocycles. The SMILES string of the molecule is Cc1sc2nc(COCCCC(C)C)nc(Cl)c2c1C. The highest BCUT2D eigenvalue weighted by Crippen LogP contribution is 2.32. The molecule has 110 valence electrons. The van der Waals surface area contributed by atoms with Crippen LogP contribution < -0.4 is 0 Å². The number of thiophene rings is 1. The first-order chi connectivity index (χ1) is 9.49. The molecule has 5 heteroatoms. The van der Waals surface area contributed by atoms with Crippen LogP contribution in [0.15, 0.2) is 0 Å². The van der Waals surface area contributed by atoms with E-state index in [1.807, 2.05) is 0 Å². The Kier molecular flexibility index (Phi) is 5.35. The van der Waals surface area contributed by atoms with Crippen molar-refractivity contribution < 1.29 is 4.74 Å². The zero-order valence-electron chi connectivity index (χ0n) is 12.5. The molecule has 0 unspecified atom stereocenters. The lowest BCUT2D eigenvalue weighted by molar-refractivity contribution is 0.110. The number of hydrogen-bond donors (Lipinski definition) is 0. The van der Waals surface area contributed by atoms with Crippen LogP contribution in [0.3, 0.4) is 0 Å². The summed E-state index contributed by atoms with van der Waals surface area (Å²) in [5.41, 5.74) is 1.18. The second-order valence-corrected chi connectivity index (χ2v) is 7.04. The molecule has 0 atom stereocenters. The topological polar surface area (TPSA) is 35.0 Å². The van der Waals surface area contributed by atoms with Gasteiger partial charge in [-0.3, -0.25) is 0 Å². The molecular formula is C15H21ClN2OS. The lowest BCUT2D eigenvalue weighted by Gasteiger charge is -2.06. The Balaban J connectivity index is 2.01. The van der Waals surface area contributed by atoms with E-state index in [1.54, 1.807) is 11.3 Å². The number of aromatic nitrogens is 2. The van der Waals surface area contributed by atoms with Crippen molar-refractivity contribution in [2.75, 3.05) is 6.61 Å². The van der Waals surface area contributed by atoms with Gasteiger partial charge >= 0.3 is 0 Å². The van der Waals surface area contributed by atoms with Crippen LogP contribution in [0.2, 0.25) is 5.15 Å². The first kappa shape index (κ1) is 15.7. The van der Waals surface area contributed by atoms with E-state index in [4.69, 9.17) is 16.3 Å². The maximum atomic E-state index is 6.26. The Morgan fingerprint density at radius 2 is 2.00 bits per heavy atom. The molecule has 0 saturated heterocycles. The number of aryl methyl sites for hydroxylation is 2. The number of halogens is 1. The summed E-state index contributed by atoms with van der Waals surface area (Å²) in [5.74, 6) is 1.39. The predicted octanol–water partition coefficient (Wildman–Crippen LogP) is 4.91. The Morgan fingerprint density at radius 3 is 2.70 bits per heavy atom. The van der Waals surface area contributed by atoms with E-state index in [0.717, 1.165) is 29.2 Å². The Hall–Kier alpha value is -0.710. The standard InChI is InChI=1S/C15H21ClN2OS/c1-9(2)6-5-7-19-8-12-17-14(16)13-10(3)11(4)20-15(13)18-12/h9H,5-8H2,1-4H3. The minimum Gasteiger partial charge on any atom is -0.373 e. The molecule has 0 spiro atoms. The smallest absolute Gasteiger partial charge is 0.157 e. The van der Waals surface area contributed by atoms with Gasteiger partial charge < -0.3 is 4.74 Å². The highest BCUT2D eigenvalue weighted by Gasteiger charge is 2.13. The van der Waals surface area contributed by atoms with E-state index in [0.29, 0.717) is 17.6 Å². The molecular weight excluding hydrogens is 292 g/mol. The van der Waals surface area contributed by atoms with Gasteiger partial charge in [0.1, 0.15) is 16.6 Å². The largest absolute Gasteiger partial charge is 0.373 e. The minimum atomic E-state index is 0.434. The second-order valence-electron chi connectivity index (χ2n) is 5.48. The van der Waals surface area contributed by atoms with Gasteiger partial charge in [0.15, 0.2) is 5.82 Å². The number of nitrogens with zero attached hydrogens (tertiary/aromatic N) is 2. The van der Waals surface area contributed by atoms with Crippen LogP contribution in [0, 0.1) is 19.8 Å². The molecule has 0 radical (unpaired) electrons. The molecule has 0 aromatic carbocycles. The van der Waals surface area contributed by atoms with Crippen molar-refractivity contribution >= 4 is 33.2 Å². The third kappa shape index (κ3) is 3.68. The maximum Gasteiger partial charge on any atom is 0.157 e. The van der Waals surface area contributed by atoms with Crippen LogP contribution in [0.25, 0.3) is 10.2 Å². The van der Waals surface area contributed by atoms with Crippen LogP contribution in [0.4, 0.5) is 0 Å². The van der Waals surface area contributed by atoms with Gasteiger partial charge in [-0.25, -0.2) is 9.97 Å². The van der Waals surface area contributed by atoms with Crippen LogP contribution in [-0.4, -0.2) is 16.6 Å². The lowest BCUT2D eigenvalue weighted by Crippen LogP contribution is -2.02. The second kappa shape index (κ2) is 6.83. The number of fused-ring (bicyclic) bond motifs is 1. The molecule has 0 fully saturated rings. The third-order valence-electron chi connectivity index (χ3n) is 3.33. The molecule has 0 saturated carbocycles. The van der Waals surface area contributed by atoms with Crippen molar-refractivity contribution in [1.82, 2.24) is 9.97 Å². The summed E-state index contributed by atoms with van der Waals surface area (Å²) in [6, 6.07) is 0. The van der Waals surface area contributed by atoms with Gasteiger partial charge in [-0.05, 0) is 38.2 Å². The highest BCUT2D eigenvalue weighted by molar-refractivity contribution is 7.18. The quantitative estimate of drug-likeness (QED) is 0.561.